The van der Waals surface area contributed by atoms with E-state index in [2.05, 4.69) is 27.1 Å². The van der Waals surface area contributed by atoms with E-state index in [-0.39, 0.29) is 19.1 Å². The van der Waals surface area contributed by atoms with E-state index in [1.807, 2.05) is 60.7 Å². The van der Waals surface area contributed by atoms with E-state index in [0.29, 0.717) is 11.4 Å². The molecule has 142 valence electrons. The molecule has 4 aromatic rings. The number of nitrogens with one attached hydrogen (secondary N) is 1. The Hall–Kier alpha value is -3.69. The lowest BCUT2D eigenvalue weighted by Crippen LogP contribution is -2.23. The van der Waals surface area contributed by atoms with Gasteiger partial charge < -0.3 is 10.1 Å². The largest absolute Gasteiger partial charge is 0.481 e. The van der Waals surface area contributed by atoms with E-state index in [1.165, 1.54) is 11.3 Å². The van der Waals surface area contributed by atoms with Crippen molar-refractivity contribution in [3.8, 4) is 28.2 Å². The topological polar surface area (TPSA) is 64.1 Å². The van der Waals surface area contributed by atoms with Gasteiger partial charge in [-0.2, -0.15) is 0 Å². The summed E-state index contributed by atoms with van der Waals surface area (Å²) in [6, 6.07) is 19.4. The van der Waals surface area contributed by atoms with Crippen molar-refractivity contribution in [2.24, 2.45) is 0 Å². The molecule has 4 rings (SSSR count). The summed E-state index contributed by atoms with van der Waals surface area (Å²) in [6.07, 6.45) is 1.75. The first-order valence-corrected chi connectivity index (χ1v) is 9.90. The van der Waals surface area contributed by atoms with E-state index in [4.69, 9.17) is 4.74 Å². The zero-order valence-corrected chi connectivity index (χ0v) is 16.3. The molecule has 0 fully saturated rings. The van der Waals surface area contributed by atoms with Gasteiger partial charge in [-0.3, -0.25) is 9.78 Å². The molecule has 0 saturated heterocycles. The third-order valence-electron chi connectivity index (χ3n) is 4.11. The van der Waals surface area contributed by atoms with Crippen LogP contribution in [0.2, 0.25) is 0 Å². The van der Waals surface area contributed by atoms with E-state index < -0.39 is 0 Å². The molecule has 2 aromatic carbocycles. The number of hydrogen-bond donors (Lipinski definition) is 1. The van der Waals surface area contributed by atoms with Crippen LogP contribution in [0.4, 0.5) is 0 Å². The second-order valence-corrected chi connectivity index (χ2v) is 6.94. The molecule has 0 unspecified atom stereocenters. The van der Waals surface area contributed by atoms with Crippen LogP contribution in [-0.2, 0) is 0 Å². The number of aromatic nitrogens is 2. The molecule has 5 nitrogen and oxygen atoms in total. The molecule has 29 heavy (non-hydrogen) atoms. The van der Waals surface area contributed by atoms with Crippen LogP contribution < -0.4 is 10.1 Å². The lowest BCUT2D eigenvalue weighted by molar-refractivity contribution is 0.0954. The molecule has 1 N–H and O–H groups in total. The summed E-state index contributed by atoms with van der Waals surface area (Å²) in [5.41, 5.74) is 2.27. The summed E-state index contributed by atoms with van der Waals surface area (Å²) in [7, 11) is 0. The Morgan fingerprint density at radius 1 is 1.07 bits per heavy atom. The van der Waals surface area contributed by atoms with E-state index >= 15 is 0 Å². The van der Waals surface area contributed by atoms with Crippen molar-refractivity contribution in [3.05, 3.63) is 77.9 Å². The minimum atomic E-state index is -0.237. The van der Waals surface area contributed by atoms with Crippen molar-refractivity contribution in [2.45, 2.75) is 0 Å². The Labute approximate surface area is 172 Å². The van der Waals surface area contributed by atoms with Crippen LogP contribution in [0.1, 0.15) is 10.5 Å². The van der Waals surface area contributed by atoms with Crippen molar-refractivity contribution < 1.29 is 9.53 Å². The molecule has 6 heteroatoms. The molecule has 0 radical (unpaired) electrons. The normalized spacial score (nSPS) is 10.2. The van der Waals surface area contributed by atoms with E-state index in [1.54, 1.807) is 11.6 Å². The number of fused-ring (bicyclic) bond motifs is 1. The quantitative estimate of drug-likeness (QED) is 0.512. The summed E-state index contributed by atoms with van der Waals surface area (Å²) in [4.78, 5) is 20.9. The molecule has 2 aromatic heterocycles. The fourth-order valence-corrected chi connectivity index (χ4v) is 3.48. The molecular formula is C23H17N3O2S. The van der Waals surface area contributed by atoms with Crippen LogP contribution in [0.5, 0.6) is 5.75 Å². The highest BCUT2D eigenvalue weighted by molar-refractivity contribution is 7.13. The van der Waals surface area contributed by atoms with Crippen LogP contribution in [0.3, 0.4) is 0 Å². The maximum Gasteiger partial charge on any atom is 0.271 e. The SMILES string of the molecule is O=C(NCC#CCOc1ccc2cccnc2c1)c1csc(-c2ccccc2)n1. The average molecular weight is 399 g/mol. The summed E-state index contributed by atoms with van der Waals surface area (Å²) in [5, 5.41) is 6.39. The van der Waals surface area contributed by atoms with E-state index in [0.717, 1.165) is 21.5 Å². The zero-order valence-electron chi connectivity index (χ0n) is 15.5. The van der Waals surface area contributed by atoms with Gasteiger partial charge in [0.25, 0.3) is 5.91 Å². The number of benzene rings is 2. The number of pyridine rings is 1. The standard InChI is InChI=1S/C23H17N3O2S/c27-22(21-16-29-23(26-21)18-7-2-1-3-8-18)25-12-4-5-14-28-19-11-10-17-9-6-13-24-20(17)15-19/h1-3,6-11,13,15-16H,12,14H2,(H,25,27). The Morgan fingerprint density at radius 3 is 2.86 bits per heavy atom. The fraction of sp³-hybridized carbons (Fsp3) is 0.0870. The average Bonchev–Trinajstić information content (AvgIpc) is 3.27. The number of hydrogen-bond acceptors (Lipinski definition) is 5. The van der Waals surface area contributed by atoms with Gasteiger partial charge in [0.2, 0.25) is 0 Å². The van der Waals surface area contributed by atoms with Crippen molar-refractivity contribution in [1.82, 2.24) is 15.3 Å². The second-order valence-electron chi connectivity index (χ2n) is 6.09. The monoisotopic (exact) mass is 399 g/mol. The molecule has 2 heterocycles. The Morgan fingerprint density at radius 2 is 1.97 bits per heavy atom. The van der Waals surface area contributed by atoms with Gasteiger partial charge in [-0.25, -0.2) is 4.98 Å². The highest BCUT2D eigenvalue weighted by Gasteiger charge is 2.10. The molecule has 0 bridgehead atoms. The van der Waals surface area contributed by atoms with E-state index in [9.17, 15) is 4.79 Å². The maximum atomic E-state index is 12.2. The van der Waals surface area contributed by atoms with Crippen molar-refractivity contribution in [1.29, 1.82) is 0 Å². The summed E-state index contributed by atoms with van der Waals surface area (Å²) >= 11 is 1.44. The van der Waals surface area contributed by atoms with Gasteiger partial charge >= 0.3 is 0 Å². The smallest absolute Gasteiger partial charge is 0.271 e. The van der Waals surface area contributed by atoms with Crippen LogP contribution in [-0.4, -0.2) is 29.0 Å². The van der Waals surface area contributed by atoms with Gasteiger partial charge in [0.05, 0.1) is 12.1 Å². The third-order valence-corrected chi connectivity index (χ3v) is 5.00. The summed E-state index contributed by atoms with van der Waals surface area (Å²) in [6.45, 7) is 0.475. The second kappa shape index (κ2) is 9.00. The maximum absolute atomic E-state index is 12.2. The number of carbonyl (C=O) groups excluding carboxylic acids is 1. The molecular weight excluding hydrogens is 382 g/mol. The van der Waals surface area contributed by atoms with Gasteiger partial charge in [0.15, 0.2) is 0 Å². The minimum absolute atomic E-state index is 0.236. The number of amides is 1. The van der Waals surface area contributed by atoms with Crippen molar-refractivity contribution in [3.63, 3.8) is 0 Å². The minimum Gasteiger partial charge on any atom is -0.481 e. The molecule has 0 saturated carbocycles. The van der Waals surface area contributed by atoms with Crippen LogP contribution in [0.15, 0.2) is 72.2 Å². The third kappa shape index (κ3) is 4.78. The number of thiazole rings is 1. The number of carbonyl (C=O) groups is 1. The van der Waals surface area contributed by atoms with Crippen LogP contribution in [0.25, 0.3) is 21.5 Å². The van der Waals surface area contributed by atoms with Crippen LogP contribution >= 0.6 is 11.3 Å². The summed E-state index contributed by atoms with van der Waals surface area (Å²) in [5.74, 6) is 6.26. The molecule has 0 atom stereocenters. The Bertz CT molecular complexity index is 1190. The van der Waals surface area contributed by atoms with Gasteiger partial charge in [0.1, 0.15) is 23.1 Å². The fourth-order valence-electron chi connectivity index (χ4n) is 2.68. The first-order chi connectivity index (χ1) is 14.3. The lowest BCUT2D eigenvalue weighted by atomic mass is 10.2. The predicted octanol–water partition coefficient (Wildman–Crippen LogP) is 4.17. The highest BCUT2D eigenvalue weighted by Crippen LogP contribution is 2.23. The zero-order chi connectivity index (χ0) is 19.9. The van der Waals surface area contributed by atoms with Gasteiger partial charge in [-0.05, 0) is 18.2 Å². The van der Waals surface area contributed by atoms with Gasteiger partial charge in [-0.15, -0.1) is 11.3 Å². The van der Waals surface area contributed by atoms with Crippen molar-refractivity contribution >= 4 is 28.1 Å². The summed E-state index contributed by atoms with van der Waals surface area (Å²) < 4.78 is 5.62. The Kier molecular flexibility index (Phi) is 5.79. The first-order valence-electron chi connectivity index (χ1n) is 9.02. The molecule has 0 aliphatic heterocycles. The number of rotatable bonds is 5. The van der Waals surface area contributed by atoms with Crippen LogP contribution in [0, 0.1) is 11.8 Å². The number of ether oxygens (including phenoxy) is 1. The van der Waals surface area contributed by atoms with Gasteiger partial charge in [0, 0.05) is 28.6 Å². The molecule has 1 amide bonds. The predicted molar refractivity (Wildman–Crippen MR) is 115 cm³/mol. The molecule has 0 aliphatic carbocycles. The van der Waals surface area contributed by atoms with Gasteiger partial charge in [-0.1, -0.05) is 48.2 Å². The first kappa shape index (κ1) is 18.7. The molecule has 0 spiro atoms. The number of nitrogens with zero attached hydrogens (tertiary/aromatic N) is 2. The Balaban J connectivity index is 1.25. The van der Waals surface area contributed by atoms with Crippen molar-refractivity contribution in [2.75, 3.05) is 13.2 Å². The molecule has 0 aliphatic rings. The lowest BCUT2D eigenvalue weighted by Gasteiger charge is -2.03. The highest BCUT2D eigenvalue weighted by atomic mass is 32.1.